The van der Waals surface area contributed by atoms with Crippen LogP contribution in [0, 0.1) is 5.82 Å². The first-order chi connectivity index (χ1) is 7.10. The molecule has 84 valence electrons. The summed E-state index contributed by atoms with van der Waals surface area (Å²) < 4.78 is 18.3. The van der Waals surface area contributed by atoms with E-state index in [-0.39, 0.29) is 30.0 Å². The van der Waals surface area contributed by atoms with Gasteiger partial charge in [-0.25, -0.2) is 4.39 Å². The largest absolute Gasteiger partial charge is 0.508 e. The number of hydrogen-bond acceptors (Lipinski definition) is 4. The van der Waals surface area contributed by atoms with Gasteiger partial charge in [-0.3, -0.25) is 0 Å². The van der Waals surface area contributed by atoms with Crippen molar-refractivity contribution in [3.63, 3.8) is 0 Å². The number of halogens is 1. The fourth-order valence-corrected chi connectivity index (χ4v) is 1.37. The van der Waals surface area contributed by atoms with Gasteiger partial charge in [0.05, 0.1) is 18.8 Å². The first kappa shape index (κ1) is 11.7. The van der Waals surface area contributed by atoms with Crippen molar-refractivity contribution in [2.24, 2.45) is 5.73 Å². The van der Waals surface area contributed by atoms with Crippen molar-refractivity contribution in [3.8, 4) is 11.5 Å². The molecule has 0 spiro atoms. The van der Waals surface area contributed by atoms with Gasteiger partial charge in [-0.15, -0.1) is 0 Å². The average Bonchev–Trinajstić information content (AvgIpc) is 2.16. The highest BCUT2D eigenvalue weighted by Gasteiger charge is 2.18. The average molecular weight is 215 g/mol. The fourth-order valence-electron chi connectivity index (χ4n) is 1.37. The number of nitrogens with two attached hydrogens (primary N) is 1. The van der Waals surface area contributed by atoms with Crippen LogP contribution in [0.3, 0.4) is 0 Å². The molecular weight excluding hydrogens is 201 g/mol. The molecule has 0 radical (unpaired) electrons. The van der Waals surface area contributed by atoms with Gasteiger partial charge in [0.25, 0.3) is 0 Å². The first-order valence-corrected chi connectivity index (χ1v) is 4.54. The van der Waals surface area contributed by atoms with Crippen molar-refractivity contribution in [2.45, 2.75) is 12.5 Å². The molecular formula is C10H14FNO3. The predicted octanol–water partition coefficient (Wildman–Crippen LogP) is 0.922. The summed E-state index contributed by atoms with van der Waals surface area (Å²) >= 11 is 0. The van der Waals surface area contributed by atoms with E-state index in [2.05, 4.69) is 0 Å². The van der Waals surface area contributed by atoms with E-state index in [1.54, 1.807) is 0 Å². The zero-order valence-corrected chi connectivity index (χ0v) is 8.40. The number of aromatic hydroxyl groups is 1. The lowest BCUT2D eigenvalue weighted by molar-refractivity contribution is 0.161. The molecule has 0 heterocycles. The number of hydrogen-bond donors (Lipinski definition) is 3. The number of benzene rings is 1. The summed E-state index contributed by atoms with van der Waals surface area (Å²) in [5.41, 5.74) is 5.29. The highest BCUT2D eigenvalue weighted by Crippen LogP contribution is 2.33. The molecule has 4 nitrogen and oxygen atoms in total. The van der Waals surface area contributed by atoms with Gasteiger partial charge in [-0.05, 0) is 13.0 Å². The highest BCUT2D eigenvalue weighted by atomic mass is 19.1. The molecule has 1 aromatic carbocycles. The molecule has 15 heavy (non-hydrogen) atoms. The van der Waals surface area contributed by atoms with Gasteiger partial charge in [0.1, 0.15) is 17.3 Å². The zero-order valence-electron chi connectivity index (χ0n) is 8.40. The SMILES string of the molecule is COc1cc(O)cc(F)c1C(O)CCN. The molecule has 0 fully saturated rings. The van der Waals surface area contributed by atoms with Gasteiger partial charge < -0.3 is 20.7 Å². The fraction of sp³-hybridized carbons (Fsp3) is 0.400. The van der Waals surface area contributed by atoms with Crippen LogP contribution in [0.2, 0.25) is 0 Å². The summed E-state index contributed by atoms with van der Waals surface area (Å²) in [7, 11) is 1.34. The molecule has 0 aliphatic carbocycles. The van der Waals surface area contributed by atoms with Crippen LogP contribution in [-0.4, -0.2) is 23.9 Å². The van der Waals surface area contributed by atoms with Gasteiger partial charge in [-0.1, -0.05) is 0 Å². The number of aliphatic hydroxyl groups excluding tert-OH is 1. The van der Waals surface area contributed by atoms with Gasteiger partial charge in [-0.2, -0.15) is 0 Å². The summed E-state index contributed by atoms with van der Waals surface area (Å²) in [5.74, 6) is -0.825. The van der Waals surface area contributed by atoms with Crippen molar-refractivity contribution in [3.05, 3.63) is 23.5 Å². The Labute approximate surface area is 87.1 Å². The van der Waals surface area contributed by atoms with Crippen molar-refractivity contribution in [1.82, 2.24) is 0 Å². The number of rotatable bonds is 4. The smallest absolute Gasteiger partial charge is 0.136 e. The number of methoxy groups -OCH3 is 1. The molecule has 1 rings (SSSR count). The third-order valence-electron chi connectivity index (χ3n) is 2.07. The number of aliphatic hydroxyl groups is 1. The summed E-state index contributed by atoms with van der Waals surface area (Å²) in [6.45, 7) is 0.241. The monoisotopic (exact) mass is 215 g/mol. The van der Waals surface area contributed by atoms with E-state index in [0.29, 0.717) is 0 Å². The van der Waals surface area contributed by atoms with Crippen LogP contribution < -0.4 is 10.5 Å². The Morgan fingerprint density at radius 2 is 2.20 bits per heavy atom. The normalized spacial score (nSPS) is 12.5. The quantitative estimate of drug-likeness (QED) is 0.698. The third kappa shape index (κ3) is 2.57. The summed E-state index contributed by atoms with van der Waals surface area (Å²) in [5, 5.41) is 18.8. The number of ether oxygens (including phenoxy) is 1. The molecule has 4 N–H and O–H groups in total. The first-order valence-electron chi connectivity index (χ1n) is 4.54. The maximum atomic E-state index is 13.4. The van der Waals surface area contributed by atoms with Crippen molar-refractivity contribution in [1.29, 1.82) is 0 Å². The maximum absolute atomic E-state index is 13.4. The van der Waals surface area contributed by atoms with E-state index in [1.165, 1.54) is 13.2 Å². The van der Waals surface area contributed by atoms with Crippen LogP contribution in [0.4, 0.5) is 4.39 Å². The second-order valence-electron chi connectivity index (χ2n) is 3.14. The summed E-state index contributed by atoms with van der Waals surface area (Å²) in [4.78, 5) is 0. The minimum atomic E-state index is -1.02. The molecule has 0 amide bonds. The lowest BCUT2D eigenvalue weighted by Gasteiger charge is -2.15. The minimum absolute atomic E-state index is 0.0285. The Bertz CT molecular complexity index is 344. The van der Waals surface area contributed by atoms with Crippen LogP contribution >= 0.6 is 0 Å². The summed E-state index contributed by atoms with van der Waals surface area (Å²) in [6.07, 6.45) is -0.788. The van der Waals surface area contributed by atoms with E-state index in [0.717, 1.165) is 6.07 Å². The van der Waals surface area contributed by atoms with Crippen LogP contribution in [0.5, 0.6) is 11.5 Å². The van der Waals surface area contributed by atoms with E-state index >= 15 is 0 Å². The van der Waals surface area contributed by atoms with Crippen LogP contribution in [0.15, 0.2) is 12.1 Å². The van der Waals surface area contributed by atoms with E-state index in [1.807, 2.05) is 0 Å². The standard InChI is InChI=1S/C10H14FNO3/c1-15-9-5-6(13)4-7(11)10(9)8(14)2-3-12/h4-5,8,13-14H,2-3,12H2,1H3. The molecule has 0 saturated carbocycles. The Morgan fingerprint density at radius 1 is 1.53 bits per heavy atom. The van der Waals surface area contributed by atoms with Gasteiger partial charge in [0.15, 0.2) is 0 Å². The minimum Gasteiger partial charge on any atom is -0.508 e. The maximum Gasteiger partial charge on any atom is 0.136 e. The van der Waals surface area contributed by atoms with Crippen molar-refractivity contribution < 1.29 is 19.3 Å². The molecule has 5 heteroatoms. The molecule has 1 unspecified atom stereocenters. The predicted molar refractivity (Wildman–Crippen MR) is 53.2 cm³/mol. The molecule has 0 saturated heterocycles. The van der Waals surface area contributed by atoms with Crippen LogP contribution in [-0.2, 0) is 0 Å². The number of phenolic OH excluding ortho intramolecular Hbond substituents is 1. The molecule has 1 aromatic rings. The molecule has 0 aliphatic rings. The molecule has 1 atom stereocenters. The Balaban J connectivity index is 3.14. The van der Waals surface area contributed by atoms with E-state index in [4.69, 9.17) is 15.6 Å². The second kappa shape index (κ2) is 4.95. The van der Waals surface area contributed by atoms with E-state index < -0.39 is 11.9 Å². The lowest BCUT2D eigenvalue weighted by Crippen LogP contribution is -2.09. The van der Waals surface area contributed by atoms with Gasteiger partial charge in [0.2, 0.25) is 0 Å². The van der Waals surface area contributed by atoms with Gasteiger partial charge >= 0.3 is 0 Å². The molecule has 0 aromatic heterocycles. The summed E-state index contributed by atoms with van der Waals surface area (Å²) in [6, 6.07) is 2.18. The van der Waals surface area contributed by atoms with Crippen molar-refractivity contribution in [2.75, 3.05) is 13.7 Å². The van der Waals surface area contributed by atoms with Crippen LogP contribution in [0.1, 0.15) is 18.1 Å². The second-order valence-corrected chi connectivity index (χ2v) is 3.14. The Morgan fingerprint density at radius 3 is 2.73 bits per heavy atom. The Hall–Kier alpha value is -1.33. The zero-order chi connectivity index (χ0) is 11.4. The Kier molecular flexibility index (Phi) is 3.88. The molecule has 0 aliphatic heterocycles. The topological polar surface area (TPSA) is 75.7 Å². The number of phenols is 1. The van der Waals surface area contributed by atoms with E-state index in [9.17, 15) is 9.50 Å². The third-order valence-corrected chi connectivity index (χ3v) is 2.07. The lowest BCUT2D eigenvalue weighted by atomic mass is 10.0. The van der Waals surface area contributed by atoms with Crippen molar-refractivity contribution >= 4 is 0 Å². The van der Waals surface area contributed by atoms with Gasteiger partial charge in [0, 0.05) is 12.1 Å². The highest BCUT2D eigenvalue weighted by molar-refractivity contribution is 5.42. The van der Waals surface area contributed by atoms with Crippen LogP contribution in [0.25, 0.3) is 0 Å². The molecule has 0 bridgehead atoms.